The Morgan fingerprint density at radius 3 is 2.71 bits per heavy atom. The van der Waals surface area contributed by atoms with E-state index in [0.717, 1.165) is 5.56 Å². The molecule has 1 aromatic carbocycles. The second-order valence-electron chi connectivity index (χ2n) is 4.99. The average molecular weight is 348 g/mol. The summed E-state index contributed by atoms with van der Waals surface area (Å²) < 4.78 is 7.01. The highest BCUT2D eigenvalue weighted by atomic mass is 35.5. The number of benzene rings is 1. The lowest BCUT2D eigenvalue weighted by atomic mass is 10.2. The number of nitrogens with zero attached hydrogens (tertiary/aromatic N) is 3. The van der Waals surface area contributed by atoms with E-state index in [1.807, 2.05) is 0 Å². The van der Waals surface area contributed by atoms with Gasteiger partial charge in [-0.15, -0.1) is 5.43 Å². The van der Waals surface area contributed by atoms with Crippen molar-refractivity contribution in [3.8, 4) is 0 Å². The Hall–Kier alpha value is -3.00. The second kappa shape index (κ2) is 6.25. The van der Waals surface area contributed by atoms with Crippen LogP contribution >= 0.6 is 11.6 Å². The zero-order chi connectivity index (χ0) is 17.3. The molecular formula is C15H12ClN4O4+. The largest absolute Gasteiger partial charge is 0.414 e. The van der Waals surface area contributed by atoms with Crippen LogP contribution < -0.4 is 5.43 Å². The van der Waals surface area contributed by atoms with Gasteiger partial charge in [-0.25, -0.2) is 4.79 Å². The summed E-state index contributed by atoms with van der Waals surface area (Å²) in [6.07, 6.45) is 2.59. The Bertz CT molecular complexity index is 854. The molecule has 122 valence electrons. The van der Waals surface area contributed by atoms with Gasteiger partial charge in [-0.05, 0) is 28.9 Å². The molecule has 0 spiro atoms. The van der Waals surface area contributed by atoms with Crippen molar-refractivity contribution in [2.45, 2.75) is 13.2 Å². The van der Waals surface area contributed by atoms with Crippen LogP contribution in [0.3, 0.4) is 0 Å². The third-order valence-corrected chi connectivity index (χ3v) is 3.71. The van der Waals surface area contributed by atoms with Gasteiger partial charge in [0, 0.05) is 24.0 Å². The van der Waals surface area contributed by atoms with Crippen LogP contribution in [0.15, 0.2) is 42.7 Å². The predicted molar refractivity (Wildman–Crippen MR) is 84.4 cm³/mol. The third kappa shape index (κ3) is 2.91. The fourth-order valence-corrected chi connectivity index (χ4v) is 2.45. The minimum absolute atomic E-state index is 0.00960. The van der Waals surface area contributed by atoms with Crippen molar-refractivity contribution >= 4 is 29.1 Å². The van der Waals surface area contributed by atoms with E-state index >= 15 is 0 Å². The van der Waals surface area contributed by atoms with Gasteiger partial charge in [0.15, 0.2) is 0 Å². The van der Waals surface area contributed by atoms with E-state index < -0.39 is 11.2 Å². The number of hydrogen-bond acceptors (Lipinski definition) is 6. The van der Waals surface area contributed by atoms with Gasteiger partial charge in [0.25, 0.3) is 11.9 Å². The molecule has 9 heteroatoms. The average Bonchev–Trinajstić information content (AvgIpc) is 3.01. The van der Waals surface area contributed by atoms with Crippen LogP contribution in [0.5, 0.6) is 0 Å². The van der Waals surface area contributed by atoms with Crippen LogP contribution in [0.4, 0.5) is 5.69 Å². The number of hydrazone groups is 1. The van der Waals surface area contributed by atoms with Gasteiger partial charge in [-0.3, -0.25) is 15.1 Å². The monoisotopic (exact) mass is 347 g/mol. The Morgan fingerprint density at radius 1 is 1.38 bits per heavy atom. The highest BCUT2D eigenvalue weighted by molar-refractivity contribution is 6.32. The molecule has 0 bridgehead atoms. The number of rotatable bonds is 3. The first-order valence-electron chi connectivity index (χ1n) is 6.92. The van der Waals surface area contributed by atoms with E-state index in [4.69, 9.17) is 16.3 Å². The van der Waals surface area contributed by atoms with E-state index in [-0.39, 0.29) is 22.5 Å². The maximum atomic E-state index is 11.9. The molecule has 0 saturated carbocycles. The summed E-state index contributed by atoms with van der Waals surface area (Å²) >= 11 is 5.83. The molecule has 0 aliphatic carbocycles. The number of hydrogen-bond donors (Lipinski definition) is 1. The van der Waals surface area contributed by atoms with Crippen LogP contribution in [-0.2, 0) is 9.53 Å². The molecule has 0 fully saturated rings. The number of nitro groups is 1. The highest BCUT2D eigenvalue weighted by Gasteiger charge is 2.38. The molecule has 0 saturated heterocycles. The lowest BCUT2D eigenvalue weighted by molar-refractivity contribution is -0.504. The van der Waals surface area contributed by atoms with Gasteiger partial charge < -0.3 is 4.74 Å². The number of nitro benzene ring substituents is 1. The van der Waals surface area contributed by atoms with Gasteiger partial charge in [0.1, 0.15) is 5.02 Å². The molecule has 1 N–H and O–H groups in total. The van der Waals surface area contributed by atoms with E-state index in [1.165, 1.54) is 23.7 Å². The van der Waals surface area contributed by atoms with Crippen molar-refractivity contribution in [3.63, 3.8) is 0 Å². The number of halogens is 1. The van der Waals surface area contributed by atoms with Crippen molar-refractivity contribution in [2.24, 2.45) is 0 Å². The van der Waals surface area contributed by atoms with Gasteiger partial charge in [-0.2, -0.15) is 0 Å². The zero-order valence-electron chi connectivity index (χ0n) is 12.5. The Balaban J connectivity index is 2.01. The quantitative estimate of drug-likeness (QED) is 0.519. The minimum atomic E-state index is -0.610. The molecule has 24 heavy (non-hydrogen) atoms. The summed E-state index contributed by atoms with van der Waals surface area (Å²) in [6.45, 7) is 1.36. The number of carbonyl (C=O) groups is 1. The summed E-state index contributed by atoms with van der Waals surface area (Å²) in [5.41, 5.74) is 3.77. The Morgan fingerprint density at radius 2 is 2.08 bits per heavy atom. The predicted octanol–water partition coefficient (Wildman–Crippen LogP) is 2.18. The lowest BCUT2D eigenvalue weighted by Gasteiger charge is -2.06. The fourth-order valence-electron chi connectivity index (χ4n) is 2.26. The SMILES string of the molecule is CC(=O)[N+]1=C(c2ccc(Cl)c([N+](=O)[O-])c2)OC(c2ccncc2)N1. The number of pyridine rings is 1. The van der Waals surface area contributed by atoms with E-state index in [1.54, 1.807) is 30.6 Å². The van der Waals surface area contributed by atoms with Crippen molar-refractivity contribution in [2.75, 3.05) is 0 Å². The van der Waals surface area contributed by atoms with Gasteiger partial charge in [0.2, 0.25) is 0 Å². The number of nitrogens with one attached hydrogen (secondary N) is 1. The van der Waals surface area contributed by atoms with Crippen LogP contribution in [0.25, 0.3) is 0 Å². The summed E-state index contributed by atoms with van der Waals surface area (Å²) in [7, 11) is 0. The zero-order valence-corrected chi connectivity index (χ0v) is 13.2. The third-order valence-electron chi connectivity index (χ3n) is 3.39. The van der Waals surface area contributed by atoms with Crippen molar-refractivity contribution in [1.29, 1.82) is 0 Å². The van der Waals surface area contributed by atoms with E-state index in [2.05, 4.69) is 10.4 Å². The molecule has 2 aromatic rings. The standard InChI is InChI=1S/C15H12ClN4O4/c1-9(21)19-15(11-2-3-12(16)13(8-11)20(22)23)24-14(18-19)10-4-6-17-7-5-10/h2-8,14,18H,1H3/q+1. The second-order valence-corrected chi connectivity index (χ2v) is 5.40. The molecule has 2 heterocycles. The lowest BCUT2D eigenvalue weighted by Crippen LogP contribution is -2.32. The van der Waals surface area contributed by atoms with Crippen LogP contribution in [0.2, 0.25) is 5.02 Å². The molecule has 3 rings (SSSR count). The van der Waals surface area contributed by atoms with Gasteiger partial charge in [-0.1, -0.05) is 11.6 Å². The normalized spacial score (nSPS) is 16.5. The Labute approximate surface area is 141 Å². The van der Waals surface area contributed by atoms with Crippen LogP contribution in [0, 0.1) is 10.1 Å². The van der Waals surface area contributed by atoms with Crippen molar-refractivity contribution in [3.05, 3.63) is 69.0 Å². The molecule has 1 aliphatic rings. The molecule has 1 amide bonds. The summed E-state index contributed by atoms with van der Waals surface area (Å²) in [4.78, 5) is 26.3. The van der Waals surface area contributed by atoms with E-state index in [0.29, 0.717) is 5.56 Å². The van der Waals surface area contributed by atoms with Gasteiger partial charge >= 0.3 is 11.8 Å². The summed E-state index contributed by atoms with van der Waals surface area (Å²) in [6, 6.07) is 7.69. The fraction of sp³-hybridized carbons (Fsp3) is 0.133. The highest BCUT2D eigenvalue weighted by Crippen LogP contribution is 2.28. The van der Waals surface area contributed by atoms with E-state index in [9.17, 15) is 14.9 Å². The number of aromatic nitrogens is 1. The molecule has 1 aromatic heterocycles. The molecule has 1 unspecified atom stereocenters. The summed E-state index contributed by atoms with van der Waals surface area (Å²) in [5.74, 6) is -0.150. The summed E-state index contributed by atoms with van der Waals surface area (Å²) in [5, 5.41) is 11.1. The molecule has 8 nitrogen and oxygen atoms in total. The first-order valence-corrected chi connectivity index (χ1v) is 7.30. The van der Waals surface area contributed by atoms with Crippen LogP contribution in [0.1, 0.15) is 24.3 Å². The number of ether oxygens (including phenoxy) is 1. The molecule has 1 atom stereocenters. The number of carbonyl (C=O) groups excluding carboxylic acids is 1. The molecule has 0 radical (unpaired) electrons. The van der Waals surface area contributed by atoms with Crippen molar-refractivity contribution < 1.29 is 19.1 Å². The Kier molecular flexibility index (Phi) is 4.13. The smallest absolute Gasteiger partial charge is 0.408 e. The first-order chi connectivity index (χ1) is 11.5. The first kappa shape index (κ1) is 15.9. The van der Waals surface area contributed by atoms with Crippen molar-refractivity contribution in [1.82, 2.24) is 10.4 Å². The topological polar surface area (TPSA) is 97.4 Å². The van der Waals surface area contributed by atoms with Gasteiger partial charge in [0.05, 0.1) is 17.4 Å². The maximum Gasteiger partial charge on any atom is 0.414 e. The molecule has 1 aliphatic heterocycles. The minimum Gasteiger partial charge on any atom is -0.408 e. The molecular weight excluding hydrogens is 336 g/mol. The number of hydrazine groups is 1. The number of amides is 1. The van der Waals surface area contributed by atoms with Crippen LogP contribution in [-0.4, -0.2) is 26.4 Å². The maximum absolute atomic E-state index is 11.9.